The maximum absolute atomic E-state index is 10.9. The number of rotatable bonds is 5. The summed E-state index contributed by atoms with van der Waals surface area (Å²) in [6, 6.07) is 0.372. The molecule has 0 aromatic heterocycles. The van der Waals surface area contributed by atoms with Crippen molar-refractivity contribution in [3.05, 3.63) is 0 Å². The molecular weight excluding hydrogens is 192 g/mol. The first-order valence-corrected chi connectivity index (χ1v) is 5.82. The van der Waals surface area contributed by atoms with E-state index in [0.29, 0.717) is 12.6 Å². The number of nitrogens with one attached hydrogen (secondary N) is 1. The maximum atomic E-state index is 10.9. The Balaban J connectivity index is 2.10. The fourth-order valence-electron chi connectivity index (χ4n) is 2.04. The number of carbonyl (C=O) groups is 1. The predicted molar refractivity (Wildman–Crippen MR) is 59.6 cm³/mol. The molecule has 0 aliphatic carbocycles. The van der Waals surface area contributed by atoms with Crippen LogP contribution in [0.25, 0.3) is 0 Å². The number of carbonyl (C=O) groups excluding carboxylic acids is 1. The first kappa shape index (κ1) is 12.5. The molecule has 0 unspecified atom stereocenters. The summed E-state index contributed by atoms with van der Waals surface area (Å²) in [5.74, 6) is 0.0775. The average molecular weight is 214 g/mol. The normalized spacial score (nSPS) is 19.1. The van der Waals surface area contributed by atoms with Gasteiger partial charge in [0.15, 0.2) is 0 Å². The van der Waals surface area contributed by atoms with Crippen molar-refractivity contribution in [3.63, 3.8) is 0 Å². The minimum absolute atomic E-state index is 0.0775. The Bertz CT molecular complexity index is 189. The summed E-state index contributed by atoms with van der Waals surface area (Å²) >= 11 is 0. The highest BCUT2D eigenvalue weighted by atomic mass is 16.2. The third-order valence-corrected chi connectivity index (χ3v) is 2.88. The van der Waals surface area contributed by atoms with Crippen molar-refractivity contribution < 1.29 is 9.90 Å². The fraction of sp³-hybridized carbons (Fsp3) is 0.909. The molecule has 0 radical (unpaired) electrons. The van der Waals surface area contributed by atoms with E-state index < -0.39 is 0 Å². The number of piperidine rings is 1. The summed E-state index contributed by atoms with van der Waals surface area (Å²) in [5.41, 5.74) is 0. The molecule has 0 aromatic carbocycles. The van der Waals surface area contributed by atoms with Crippen LogP contribution in [-0.4, -0.2) is 48.2 Å². The maximum Gasteiger partial charge on any atom is 0.217 e. The van der Waals surface area contributed by atoms with Gasteiger partial charge in [0.1, 0.15) is 0 Å². The first-order valence-electron chi connectivity index (χ1n) is 5.82. The van der Waals surface area contributed by atoms with E-state index in [1.807, 2.05) is 0 Å². The van der Waals surface area contributed by atoms with Gasteiger partial charge in [-0.15, -0.1) is 0 Å². The van der Waals surface area contributed by atoms with E-state index in [4.69, 9.17) is 5.11 Å². The van der Waals surface area contributed by atoms with Gasteiger partial charge in [-0.3, -0.25) is 4.79 Å². The van der Waals surface area contributed by atoms with Crippen LogP contribution >= 0.6 is 0 Å². The molecule has 1 aliphatic rings. The lowest BCUT2D eigenvalue weighted by Crippen LogP contribution is -2.44. The number of aliphatic hydroxyl groups is 1. The molecule has 1 aliphatic heterocycles. The largest absolute Gasteiger partial charge is 0.396 e. The lowest BCUT2D eigenvalue weighted by molar-refractivity contribution is -0.119. The third kappa shape index (κ3) is 5.14. The molecule has 0 spiro atoms. The van der Waals surface area contributed by atoms with Crippen LogP contribution in [0.3, 0.4) is 0 Å². The molecule has 1 fully saturated rings. The van der Waals surface area contributed by atoms with Gasteiger partial charge in [-0.1, -0.05) is 0 Å². The Kier molecular flexibility index (Phi) is 5.65. The van der Waals surface area contributed by atoms with Crippen molar-refractivity contribution in [2.24, 2.45) is 0 Å². The number of nitrogens with zero attached hydrogens (tertiary/aromatic N) is 1. The zero-order valence-electron chi connectivity index (χ0n) is 9.54. The monoisotopic (exact) mass is 214 g/mol. The van der Waals surface area contributed by atoms with Crippen molar-refractivity contribution in [2.45, 2.75) is 38.6 Å². The van der Waals surface area contributed by atoms with Crippen LogP contribution in [-0.2, 0) is 4.79 Å². The van der Waals surface area contributed by atoms with E-state index in [1.54, 1.807) is 6.92 Å². The zero-order valence-corrected chi connectivity index (χ0v) is 9.54. The molecule has 88 valence electrons. The lowest BCUT2D eigenvalue weighted by atomic mass is 10.0. The standard InChI is InChI=1S/C11H22N2O2/c1-10(15)12-11-4-7-13(8-5-11)6-2-3-9-14/h11,14H,2-9H2,1H3,(H,12,15). The molecule has 4 heteroatoms. The number of amides is 1. The van der Waals surface area contributed by atoms with Gasteiger partial charge in [-0.25, -0.2) is 0 Å². The Labute approximate surface area is 91.6 Å². The van der Waals surface area contributed by atoms with E-state index in [1.165, 1.54) is 0 Å². The van der Waals surface area contributed by atoms with Gasteiger partial charge >= 0.3 is 0 Å². The lowest BCUT2D eigenvalue weighted by Gasteiger charge is -2.32. The summed E-state index contributed by atoms with van der Waals surface area (Å²) in [6.07, 6.45) is 4.07. The van der Waals surface area contributed by atoms with Crippen LogP contribution in [0.15, 0.2) is 0 Å². The van der Waals surface area contributed by atoms with Crippen LogP contribution in [0.2, 0.25) is 0 Å². The van der Waals surface area contributed by atoms with Crippen molar-refractivity contribution in [1.82, 2.24) is 10.2 Å². The Hall–Kier alpha value is -0.610. The van der Waals surface area contributed by atoms with E-state index in [0.717, 1.165) is 45.3 Å². The van der Waals surface area contributed by atoms with Gasteiger partial charge in [0, 0.05) is 32.7 Å². The number of hydrogen-bond donors (Lipinski definition) is 2. The Morgan fingerprint density at radius 2 is 2.07 bits per heavy atom. The number of unbranched alkanes of at least 4 members (excludes halogenated alkanes) is 1. The zero-order chi connectivity index (χ0) is 11.1. The SMILES string of the molecule is CC(=O)NC1CCN(CCCCO)CC1. The number of aliphatic hydroxyl groups excluding tert-OH is 1. The molecule has 1 rings (SSSR count). The molecule has 1 saturated heterocycles. The van der Waals surface area contributed by atoms with Gasteiger partial charge in [0.05, 0.1) is 0 Å². The average Bonchev–Trinajstić information content (AvgIpc) is 2.20. The topological polar surface area (TPSA) is 52.6 Å². The van der Waals surface area contributed by atoms with E-state index in [9.17, 15) is 4.79 Å². The summed E-state index contributed by atoms with van der Waals surface area (Å²) in [5, 5.41) is 11.6. The summed E-state index contributed by atoms with van der Waals surface area (Å²) < 4.78 is 0. The second-order valence-corrected chi connectivity index (χ2v) is 4.25. The minimum Gasteiger partial charge on any atom is -0.396 e. The quantitative estimate of drug-likeness (QED) is 0.650. The molecule has 0 bridgehead atoms. The van der Waals surface area contributed by atoms with Gasteiger partial charge in [0.25, 0.3) is 0 Å². The van der Waals surface area contributed by atoms with E-state index in [2.05, 4.69) is 10.2 Å². The number of likely N-dealkylation sites (tertiary alicyclic amines) is 1. The predicted octanol–water partition coefficient (Wildman–Crippen LogP) is 0.359. The van der Waals surface area contributed by atoms with E-state index in [-0.39, 0.29) is 5.91 Å². The highest BCUT2D eigenvalue weighted by Crippen LogP contribution is 2.10. The van der Waals surface area contributed by atoms with Crippen LogP contribution in [0.5, 0.6) is 0 Å². The third-order valence-electron chi connectivity index (χ3n) is 2.88. The van der Waals surface area contributed by atoms with Gasteiger partial charge < -0.3 is 15.3 Å². The Morgan fingerprint density at radius 3 is 2.60 bits per heavy atom. The van der Waals surface area contributed by atoms with Crippen molar-refractivity contribution in [1.29, 1.82) is 0 Å². The summed E-state index contributed by atoms with van der Waals surface area (Å²) in [4.78, 5) is 13.3. The molecule has 0 saturated carbocycles. The number of hydrogen-bond acceptors (Lipinski definition) is 3. The van der Waals surface area contributed by atoms with Gasteiger partial charge in [-0.2, -0.15) is 0 Å². The molecule has 1 amide bonds. The molecule has 15 heavy (non-hydrogen) atoms. The molecule has 1 heterocycles. The fourth-order valence-corrected chi connectivity index (χ4v) is 2.04. The molecule has 0 atom stereocenters. The molecule has 2 N–H and O–H groups in total. The van der Waals surface area contributed by atoms with Crippen LogP contribution in [0.1, 0.15) is 32.6 Å². The first-order chi connectivity index (χ1) is 7.22. The highest BCUT2D eigenvalue weighted by Gasteiger charge is 2.18. The van der Waals surface area contributed by atoms with Crippen molar-refractivity contribution >= 4 is 5.91 Å². The second kappa shape index (κ2) is 6.80. The highest BCUT2D eigenvalue weighted by molar-refractivity contribution is 5.73. The van der Waals surface area contributed by atoms with E-state index >= 15 is 0 Å². The Morgan fingerprint density at radius 1 is 1.40 bits per heavy atom. The van der Waals surface area contributed by atoms with Crippen LogP contribution in [0, 0.1) is 0 Å². The second-order valence-electron chi connectivity index (χ2n) is 4.25. The minimum atomic E-state index is 0.0775. The molecular formula is C11H22N2O2. The van der Waals surface area contributed by atoms with Crippen molar-refractivity contribution in [2.75, 3.05) is 26.2 Å². The van der Waals surface area contributed by atoms with Crippen LogP contribution in [0.4, 0.5) is 0 Å². The smallest absolute Gasteiger partial charge is 0.217 e. The summed E-state index contributed by atoms with van der Waals surface area (Å²) in [6.45, 7) is 5.08. The summed E-state index contributed by atoms with van der Waals surface area (Å²) in [7, 11) is 0. The molecule has 4 nitrogen and oxygen atoms in total. The van der Waals surface area contributed by atoms with Gasteiger partial charge in [0.2, 0.25) is 5.91 Å². The molecule has 0 aromatic rings. The van der Waals surface area contributed by atoms with Crippen LogP contribution < -0.4 is 5.32 Å². The van der Waals surface area contributed by atoms with Crippen molar-refractivity contribution in [3.8, 4) is 0 Å². The van der Waals surface area contributed by atoms with Gasteiger partial charge in [-0.05, 0) is 32.2 Å².